The van der Waals surface area contributed by atoms with Gasteiger partial charge < -0.3 is 10.5 Å². The summed E-state index contributed by atoms with van der Waals surface area (Å²) in [6.07, 6.45) is 0.908. The van der Waals surface area contributed by atoms with Crippen molar-refractivity contribution in [1.29, 1.82) is 0 Å². The lowest BCUT2D eigenvalue weighted by Crippen LogP contribution is -2.14. The minimum atomic E-state index is -0.654. The van der Waals surface area contributed by atoms with E-state index in [0.717, 1.165) is 6.42 Å². The quantitative estimate of drug-likeness (QED) is 0.649. The molecule has 0 amide bonds. The molecule has 0 saturated heterocycles. The number of anilines is 1. The van der Waals surface area contributed by atoms with Crippen molar-refractivity contribution in [3.05, 3.63) is 29.1 Å². The smallest absolute Gasteiger partial charge is 0.341 e. The molecule has 2 N–H and O–H groups in total. The van der Waals surface area contributed by atoms with Crippen LogP contribution in [0.1, 0.15) is 36.2 Å². The zero-order valence-corrected chi connectivity index (χ0v) is 10.4. The van der Waals surface area contributed by atoms with E-state index in [1.165, 1.54) is 12.1 Å². The highest BCUT2D eigenvalue weighted by molar-refractivity contribution is 5.91. The van der Waals surface area contributed by atoms with E-state index in [2.05, 4.69) is 0 Å². The van der Waals surface area contributed by atoms with E-state index >= 15 is 0 Å². The van der Waals surface area contributed by atoms with Gasteiger partial charge in [-0.1, -0.05) is 20.3 Å². The van der Waals surface area contributed by atoms with E-state index in [1.807, 2.05) is 13.8 Å². The molecule has 1 aromatic carbocycles. The Hall–Kier alpha value is -1.58. The number of aryl methyl sites for hydroxylation is 1. The molecule has 0 aromatic heterocycles. The number of esters is 1. The third-order valence-electron chi connectivity index (χ3n) is 2.69. The number of nitrogens with two attached hydrogens (primary N) is 1. The maximum atomic E-state index is 13.7. The molecule has 0 fully saturated rings. The van der Waals surface area contributed by atoms with Gasteiger partial charge in [-0.15, -0.1) is 0 Å². The number of hydrogen-bond donors (Lipinski definition) is 1. The topological polar surface area (TPSA) is 52.3 Å². The van der Waals surface area contributed by atoms with Crippen molar-refractivity contribution in [2.45, 2.75) is 27.2 Å². The monoisotopic (exact) mass is 239 g/mol. The number of carbonyl (C=O) groups excluding carboxylic acids is 1. The standard InChI is InChI=1S/C13H18FNO2/c1-4-8(2)7-17-13(16)11-6-10(15)5-9(3)12(11)14/h5-6,8H,4,7,15H2,1-3H3. The molecule has 0 heterocycles. The number of rotatable bonds is 4. The molecular weight excluding hydrogens is 221 g/mol. The molecule has 1 rings (SSSR count). The average Bonchev–Trinajstić information content (AvgIpc) is 2.30. The second-order valence-corrected chi connectivity index (χ2v) is 4.31. The first-order valence-electron chi connectivity index (χ1n) is 5.68. The van der Waals surface area contributed by atoms with E-state index < -0.39 is 11.8 Å². The Morgan fingerprint density at radius 3 is 2.76 bits per heavy atom. The number of nitrogen functional groups attached to an aromatic ring is 1. The van der Waals surface area contributed by atoms with Crippen LogP contribution in [0.5, 0.6) is 0 Å². The summed E-state index contributed by atoms with van der Waals surface area (Å²) in [5, 5.41) is 0. The van der Waals surface area contributed by atoms with Crippen LogP contribution < -0.4 is 5.73 Å². The van der Waals surface area contributed by atoms with Gasteiger partial charge in [0.15, 0.2) is 0 Å². The first-order valence-corrected chi connectivity index (χ1v) is 5.68. The molecule has 3 nitrogen and oxygen atoms in total. The predicted octanol–water partition coefficient (Wildman–Crippen LogP) is 2.92. The van der Waals surface area contributed by atoms with Crippen molar-refractivity contribution in [2.75, 3.05) is 12.3 Å². The van der Waals surface area contributed by atoms with Crippen LogP contribution >= 0.6 is 0 Å². The van der Waals surface area contributed by atoms with Crippen molar-refractivity contribution < 1.29 is 13.9 Å². The fourth-order valence-corrected chi connectivity index (χ4v) is 1.36. The third kappa shape index (κ3) is 3.44. The van der Waals surface area contributed by atoms with Gasteiger partial charge in [-0.25, -0.2) is 9.18 Å². The van der Waals surface area contributed by atoms with E-state index in [0.29, 0.717) is 17.9 Å². The average molecular weight is 239 g/mol. The molecule has 0 aliphatic heterocycles. The second kappa shape index (κ2) is 5.66. The largest absolute Gasteiger partial charge is 0.462 e. The maximum absolute atomic E-state index is 13.7. The third-order valence-corrected chi connectivity index (χ3v) is 2.69. The lowest BCUT2D eigenvalue weighted by Gasteiger charge is -2.11. The summed E-state index contributed by atoms with van der Waals surface area (Å²) in [7, 11) is 0. The van der Waals surface area contributed by atoms with E-state index in [9.17, 15) is 9.18 Å². The highest BCUT2D eigenvalue weighted by Gasteiger charge is 2.16. The van der Waals surface area contributed by atoms with Gasteiger partial charge in [0.2, 0.25) is 0 Å². The van der Waals surface area contributed by atoms with Crippen LogP contribution in [0.4, 0.5) is 10.1 Å². The minimum Gasteiger partial charge on any atom is -0.462 e. The van der Waals surface area contributed by atoms with Crippen LogP contribution in [0, 0.1) is 18.7 Å². The molecule has 0 bridgehead atoms. The number of benzene rings is 1. The molecule has 94 valence electrons. The Labute approximate surface area is 101 Å². The Balaban J connectivity index is 2.82. The summed E-state index contributed by atoms with van der Waals surface area (Å²) in [6.45, 7) is 5.83. The van der Waals surface area contributed by atoms with Crippen molar-refractivity contribution in [1.82, 2.24) is 0 Å². The van der Waals surface area contributed by atoms with Gasteiger partial charge in [-0.2, -0.15) is 0 Å². The molecule has 17 heavy (non-hydrogen) atoms. The highest BCUT2D eigenvalue weighted by atomic mass is 19.1. The minimum absolute atomic E-state index is 0.0918. The summed E-state index contributed by atoms with van der Waals surface area (Å²) in [6, 6.07) is 2.79. The first kappa shape index (κ1) is 13.5. The van der Waals surface area contributed by atoms with Gasteiger partial charge in [0.1, 0.15) is 5.82 Å². The molecule has 1 atom stereocenters. The van der Waals surface area contributed by atoms with Crippen LogP contribution in [0.2, 0.25) is 0 Å². The Kier molecular flexibility index (Phi) is 4.49. The van der Waals surface area contributed by atoms with Crippen LogP contribution in [0.15, 0.2) is 12.1 Å². The molecule has 0 saturated carbocycles. The Morgan fingerprint density at radius 2 is 2.18 bits per heavy atom. The van der Waals surface area contributed by atoms with Gasteiger partial charge in [0.05, 0.1) is 12.2 Å². The zero-order chi connectivity index (χ0) is 13.0. The summed E-state index contributed by atoms with van der Waals surface area (Å²) in [5.41, 5.74) is 6.19. The zero-order valence-electron chi connectivity index (χ0n) is 10.4. The molecule has 0 aliphatic carbocycles. The van der Waals surface area contributed by atoms with Gasteiger partial charge >= 0.3 is 5.97 Å². The van der Waals surface area contributed by atoms with E-state index in [4.69, 9.17) is 10.5 Å². The molecule has 0 spiro atoms. The number of halogens is 1. The lowest BCUT2D eigenvalue weighted by molar-refractivity contribution is 0.0441. The lowest BCUT2D eigenvalue weighted by atomic mass is 10.1. The van der Waals surface area contributed by atoms with Gasteiger partial charge in [-0.05, 0) is 30.5 Å². The van der Waals surface area contributed by atoms with Crippen molar-refractivity contribution in [3.8, 4) is 0 Å². The molecule has 1 aromatic rings. The SMILES string of the molecule is CCC(C)COC(=O)c1cc(N)cc(C)c1F. The van der Waals surface area contributed by atoms with E-state index in [-0.39, 0.29) is 11.5 Å². The fourth-order valence-electron chi connectivity index (χ4n) is 1.36. The number of carbonyl (C=O) groups is 1. The van der Waals surface area contributed by atoms with Crippen LogP contribution in [-0.4, -0.2) is 12.6 Å². The van der Waals surface area contributed by atoms with Gasteiger partial charge in [-0.3, -0.25) is 0 Å². The summed E-state index contributed by atoms with van der Waals surface area (Å²) in [5.74, 6) is -0.948. The molecule has 1 unspecified atom stereocenters. The fraction of sp³-hybridized carbons (Fsp3) is 0.462. The first-order chi connectivity index (χ1) is 7.95. The Morgan fingerprint density at radius 1 is 1.53 bits per heavy atom. The summed E-state index contributed by atoms with van der Waals surface area (Å²) < 4.78 is 18.7. The van der Waals surface area contributed by atoms with Gasteiger partial charge in [0, 0.05) is 5.69 Å². The van der Waals surface area contributed by atoms with Crippen molar-refractivity contribution in [2.24, 2.45) is 5.92 Å². The van der Waals surface area contributed by atoms with Crippen LogP contribution in [-0.2, 0) is 4.74 Å². The normalized spacial score (nSPS) is 12.2. The van der Waals surface area contributed by atoms with Crippen LogP contribution in [0.25, 0.3) is 0 Å². The molecule has 0 radical (unpaired) electrons. The number of hydrogen-bond acceptors (Lipinski definition) is 3. The Bertz CT molecular complexity index is 418. The number of ether oxygens (including phenoxy) is 1. The summed E-state index contributed by atoms with van der Waals surface area (Å²) in [4.78, 5) is 11.7. The second-order valence-electron chi connectivity index (χ2n) is 4.31. The molecular formula is C13H18FNO2. The van der Waals surface area contributed by atoms with Crippen LogP contribution in [0.3, 0.4) is 0 Å². The predicted molar refractivity (Wildman–Crippen MR) is 65.3 cm³/mol. The van der Waals surface area contributed by atoms with Crippen molar-refractivity contribution >= 4 is 11.7 Å². The highest BCUT2D eigenvalue weighted by Crippen LogP contribution is 2.18. The van der Waals surface area contributed by atoms with E-state index in [1.54, 1.807) is 6.92 Å². The molecule has 4 heteroatoms. The summed E-state index contributed by atoms with van der Waals surface area (Å²) >= 11 is 0. The maximum Gasteiger partial charge on any atom is 0.341 e. The van der Waals surface area contributed by atoms with Crippen molar-refractivity contribution in [3.63, 3.8) is 0 Å². The molecule has 0 aliphatic rings. The van der Waals surface area contributed by atoms with Gasteiger partial charge in [0.25, 0.3) is 0 Å².